The fraction of sp³-hybridized carbons (Fsp3) is 0. The number of benzene rings is 3. The van der Waals surface area contributed by atoms with E-state index in [1.807, 2.05) is 0 Å². The van der Waals surface area contributed by atoms with Crippen molar-refractivity contribution < 1.29 is 14.3 Å². The molecule has 0 aliphatic carbocycles. The molecule has 8 heteroatoms. The number of rotatable bonds is 4. The Morgan fingerprint density at radius 2 is 1.65 bits per heavy atom. The number of carbonyl (C=O) groups excluding carboxylic acids is 2. The average Bonchev–Trinajstić information content (AvgIpc) is 2.73. The monoisotopic (exact) mass is 468 g/mol. The molecular formula is C23H14Cl2N2O3S. The number of hydrogen-bond acceptors (Lipinski definition) is 4. The summed E-state index contributed by atoms with van der Waals surface area (Å²) in [5.41, 5.74) is 0.962. The summed E-state index contributed by atoms with van der Waals surface area (Å²) in [5.74, 6) is -0.141. The van der Waals surface area contributed by atoms with E-state index in [1.54, 1.807) is 72.8 Å². The molecule has 1 aliphatic heterocycles. The Labute approximate surface area is 193 Å². The van der Waals surface area contributed by atoms with Crippen LogP contribution in [0, 0.1) is 0 Å². The van der Waals surface area contributed by atoms with E-state index in [1.165, 1.54) is 11.0 Å². The molecule has 0 saturated carbocycles. The maximum atomic E-state index is 13.2. The third kappa shape index (κ3) is 4.61. The number of carbonyl (C=O) groups is 2. The van der Waals surface area contributed by atoms with Gasteiger partial charge in [0.25, 0.3) is 11.8 Å². The molecule has 1 heterocycles. The van der Waals surface area contributed by atoms with E-state index in [0.29, 0.717) is 32.8 Å². The second-order valence-electron chi connectivity index (χ2n) is 6.53. The first-order chi connectivity index (χ1) is 14.9. The molecule has 0 bridgehead atoms. The van der Waals surface area contributed by atoms with Crippen LogP contribution in [0.15, 0.2) is 78.4 Å². The van der Waals surface area contributed by atoms with E-state index in [0.717, 1.165) is 0 Å². The topological polar surface area (TPSA) is 58.6 Å². The summed E-state index contributed by atoms with van der Waals surface area (Å²) in [4.78, 5) is 27.0. The normalized spacial score (nSPS) is 15.2. The van der Waals surface area contributed by atoms with Gasteiger partial charge >= 0.3 is 0 Å². The summed E-state index contributed by atoms with van der Waals surface area (Å²) < 4.78 is 5.92. The molecule has 4 rings (SSSR count). The number of thiocarbonyl (C=S) groups is 1. The van der Waals surface area contributed by atoms with E-state index in [9.17, 15) is 9.59 Å². The highest BCUT2D eigenvalue weighted by atomic mass is 35.5. The number of amides is 2. The van der Waals surface area contributed by atoms with Crippen molar-refractivity contribution >= 4 is 64.1 Å². The van der Waals surface area contributed by atoms with Crippen molar-refractivity contribution in [3.05, 3.63) is 94.0 Å². The Kier molecular flexibility index (Phi) is 6.04. The Hall–Kier alpha value is -3.19. The van der Waals surface area contributed by atoms with Gasteiger partial charge in [-0.25, -0.2) is 0 Å². The van der Waals surface area contributed by atoms with Crippen LogP contribution >= 0.6 is 35.4 Å². The maximum absolute atomic E-state index is 13.2. The van der Waals surface area contributed by atoms with Crippen LogP contribution < -0.4 is 15.0 Å². The van der Waals surface area contributed by atoms with Gasteiger partial charge in [-0.05, 0) is 66.8 Å². The molecule has 0 spiro atoms. The van der Waals surface area contributed by atoms with Gasteiger partial charge in [0.2, 0.25) is 0 Å². The number of para-hydroxylation sites is 1. The summed E-state index contributed by atoms with van der Waals surface area (Å²) in [7, 11) is 0. The molecule has 5 nitrogen and oxygen atoms in total. The number of anilines is 1. The van der Waals surface area contributed by atoms with Crippen molar-refractivity contribution in [2.24, 2.45) is 0 Å². The predicted molar refractivity (Wildman–Crippen MR) is 126 cm³/mol. The van der Waals surface area contributed by atoms with Crippen LogP contribution in [0.2, 0.25) is 10.0 Å². The maximum Gasteiger partial charge on any atom is 0.270 e. The van der Waals surface area contributed by atoms with E-state index in [2.05, 4.69) is 5.32 Å². The average molecular weight is 469 g/mol. The van der Waals surface area contributed by atoms with E-state index >= 15 is 0 Å². The van der Waals surface area contributed by atoms with Crippen LogP contribution in [0.1, 0.15) is 5.56 Å². The van der Waals surface area contributed by atoms with Gasteiger partial charge in [0.1, 0.15) is 17.1 Å². The van der Waals surface area contributed by atoms with Gasteiger partial charge in [0.05, 0.1) is 5.69 Å². The lowest BCUT2D eigenvalue weighted by molar-refractivity contribution is -0.122. The molecule has 0 unspecified atom stereocenters. The van der Waals surface area contributed by atoms with Crippen LogP contribution in [-0.4, -0.2) is 16.9 Å². The summed E-state index contributed by atoms with van der Waals surface area (Å²) in [6.07, 6.45) is 1.47. The first-order valence-corrected chi connectivity index (χ1v) is 10.3. The van der Waals surface area contributed by atoms with Gasteiger partial charge in [-0.1, -0.05) is 47.5 Å². The fourth-order valence-electron chi connectivity index (χ4n) is 2.99. The lowest BCUT2D eigenvalue weighted by atomic mass is 10.1. The minimum atomic E-state index is -0.585. The zero-order valence-electron chi connectivity index (χ0n) is 15.8. The smallest absolute Gasteiger partial charge is 0.270 e. The standard InChI is InChI=1S/C23H14Cl2N2O3S/c24-15-8-10-17(11-9-15)27-22(29)19(21(28)26-23(27)31)12-14-4-1-2-7-20(14)30-18-6-3-5-16(25)13-18/h1-13H,(H,26,28,31)/b19-12+. The predicted octanol–water partition coefficient (Wildman–Crippen LogP) is 5.62. The molecule has 1 fully saturated rings. The van der Waals surface area contributed by atoms with Gasteiger partial charge in [-0.3, -0.25) is 19.8 Å². The molecule has 1 N–H and O–H groups in total. The van der Waals surface area contributed by atoms with Crippen molar-refractivity contribution in [1.29, 1.82) is 0 Å². The number of nitrogens with zero attached hydrogens (tertiary/aromatic N) is 1. The van der Waals surface area contributed by atoms with Gasteiger partial charge in [-0.15, -0.1) is 0 Å². The Morgan fingerprint density at radius 3 is 2.39 bits per heavy atom. The summed E-state index contributed by atoms with van der Waals surface area (Å²) in [5, 5.41) is 3.61. The van der Waals surface area contributed by atoms with Crippen molar-refractivity contribution in [2.75, 3.05) is 4.90 Å². The number of hydrogen-bond donors (Lipinski definition) is 1. The lowest BCUT2D eigenvalue weighted by Crippen LogP contribution is -2.54. The van der Waals surface area contributed by atoms with Crippen LogP contribution in [0.4, 0.5) is 5.69 Å². The van der Waals surface area contributed by atoms with Crippen LogP contribution in [0.5, 0.6) is 11.5 Å². The molecule has 2 amide bonds. The Bertz CT molecular complexity index is 1230. The molecule has 31 heavy (non-hydrogen) atoms. The quantitative estimate of drug-likeness (QED) is 0.306. The van der Waals surface area contributed by atoms with Crippen molar-refractivity contribution in [3.8, 4) is 11.5 Å². The van der Waals surface area contributed by atoms with Crippen LogP contribution in [0.3, 0.4) is 0 Å². The first kappa shape index (κ1) is 21.1. The summed E-state index contributed by atoms with van der Waals surface area (Å²) in [6, 6.07) is 20.6. The number of nitrogens with one attached hydrogen (secondary N) is 1. The highest BCUT2D eigenvalue weighted by Crippen LogP contribution is 2.30. The van der Waals surface area contributed by atoms with Crippen molar-refractivity contribution in [3.63, 3.8) is 0 Å². The van der Waals surface area contributed by atoms with E-state index < -0.39 is 11.8 Å². The summed E-state index contributed by atoms with van der Waals surface area (Å²) in [6.45, 7) is 0. The number of ether oxygens (including phenoxy) is 1. The molecule has 3 aromatic carbocycles. The zero-order chi connectivity index (χ0) is 22.0. The second kappa shape index (κ2) is 8.89. The highest BCUT2D eigenvalue weighted by Gasteiger charge is 2.34. The van der Waals surface area contributed by atoms with Crippen molar-refractivity contribution in [1.82, 2.24) is 5.32 Å². The van der Waals surface area contributed by atoms with Gasteiger partial charge in [0, 0.05) is 15.6 Å². The second-order valence-corrected chi connectivity index (χ2v) is 7.79. The Balaban J connectivity index is 1.70. The molecular weight excluding hydrogens is 455 g/mol. The molecule has 0 atom stereocenters. The Morgan fingerprint density at radius 1 is 0.903 bits per heavy atom. The minimum Gasteiger partial charge on any atom is -0.457 e. The van der Waals surface area contributed by atoms with Gasteiger partial charge < -0.3 is 4.74 Å². The van der Waals surface area contributed by atoms with Crippen LogP contribution in [0.25, 0.3) is 6.08 Å². The van der Waals surface area contributed by atoms with Gasteiger partial charge in [0.15, 0.2) is 5.11 Å². The SMILES string of the molecule is O=C1NC(=S)N(c2ccc(Cl)cc2)C(=O)/C1=C/c1ccccc1Oc1cccc(Cl)c1. The minimum absolute atomic E-state index is 0.00191. The van der Waals surface area contributed by atoms with Crippen molar-refractivity contribution in [2.45, 2.75) is 0 Å². The molecule has 1 saturated heterocycles. The zero-order valence-corrected chi connectivity index (χ0v) is 18.2. The molecule has 154 valence electrons. The van der Waals surface area contributed by atoms with E-state index in [4.69, 9.17) is 40.2 Å². The van der Waals surface area contributed by atoms with Crippen LogP contribution in [-0.2, 0) is 9.59 Å². The molecule has 0 aromatic heterocycles. The third-order valence-corrected chi connectivity index (χ3v) is 5.20. The number of halogens is 2. The largest absolute Gasteiger partial charge is 0.457 e. The molecule has 0 radical (unpaired) electrons. The first-order valence-electron chi connectivity index (χ1n) is 9.12. The van der Waals surface area contributed by atoms with Gasteiger partial charge in [-0.2, -0.15) is 0 Å². The fourth-order valence-corrected chi connectivity index (χ4v) is 3.58. The third-order valence-electron chi connectivity index (χ3n) is 4.43. The highest BCUT2D eigenvalue weighted by molar-refractivity contribution is 7.80. The van der Waals surface area contributed by atoms with E-state index in [-0.39, 0.29) is 10.7 Å². The lowest BCUT2D eigenvalue weighted by Gasteiger charge is -2.29. The molecule has 3 aromatic rings. The summed E-state index contributed by atoms with van der Waals surface area (Å²) >= 11 is 17.2. The molecule has 1 aliphatic rings.